The van der Waals surface area contributed by atoms with Crippen molar-refractivity contribution in [2.75, 3.05) is 11.9 Å². The molecule has 0 radical (unpaired) electrons. The Hall–Kier alpha value is -2.28. The first-order chi connectivity index (χ1) is 11.0. The molecule has 0 fully saturated rings. The van der Waals surface area contributed by atoms with E-state index < -0.39 is 11.7 Å². The van der Waals surface area contributed by atoms with Crippen molar-refractivity contribution in [1.82, 2.24) is 10.3 Å². The third-order valence-electron chi connectivity index (χ3n) is 3.72. The first-order valence-corrected chi connectivity index (χ1v) is 8.19. The summed E-state index contributed by atoms with van der Waals surface area (Å²) in [6.07, 6.45) is 0.714. The lowest BCUT2D eigenvalue weighted by Crippen LogP contribution is -2.36. The van der Waals surface area contributed by atoms with Crippen LogP contribution >= 0.6 is 11.3 Å². The smallest absolute Gasteiger partial charge is 0.228 e. The van der Waals surface area contributed by atoms with Gasteiger partial charge in [0, 0.05) is 30.5 Å². The number of aryl methyl sites for hydroxylation is 1. The van der Waals surface area contributed by atoms with Crippen molar-refractivity contribution in [3.8, 4) is 0 Å². The molecule has 1 aromatic carbocycles. The Morgan fingerprint density at radius 1 is 1.52 bits per heavy atom. The predicted octanol–water partition coefficient (Wildman–Crippen LogP) is 2.38. The average Bonchev–Trinajstić information content (AvgIpc) is 2.91. The van der Waals surface area contributed by atoms with E-state index in [2.05, 4.69) is 15.6 Å². The van der Waals surface area contributed by atoms with Crippen LogP contribution in [-0.4, -0.2) is 23.3 Å². The molecule has 0 spiro atoms. The normalized spacial score (nSPS) is 16.6. The largest absolute Gasteiger partial charge is 0.355 e. The Labute approximate surface area is 136 Å². The highest BCUT2D eigenvalue weighted by molar-refractivity contribution is 7.09. The molecule has 0 saturated carbocycles. The van der Waals surface area contributed by atoms with Gasteiger partial charge in [0.2, 0.25) is 11.8 Å². The molecule has 1 unspecified atom stereocenters. The Bertz CT molecular complexity index is 760. The van der Waals surface area contributed by atoms with Crippen molar-refractivity contribution in [3.05, 3.63) is 45.7 Å². The topological polar surface area (TPSA) is 71.1 Å². The van der Waals surface area contributed by atoms with Gasteiger partial charge in [0.1, 0.15) is 5.82 Å². The van der Waals surface area contributed by atoms with Crippen LogP contribution in [0.25, 0.3) is 0 Å². The number of nitrogens with zero attached hydrogens (tertiary/aromatic N) is 1. The second kappa shape index (κ2) is 6.45. The van der Waals surface area contributed by atoms with Crippen LogP contribution in [0, 0.1) is 12.7 Å². The molecule has 0 saturated heterocycles. The zero-order valence-corrected chi connectivity index (χ0v) is 13.4. The number of hydrogen-bond donors (Lipinski definition) is 2. The number of thiazole rings is 1. The van der Waals surface area contributed by atoms with Gasteiger partial charge >= 0.3 is 0 Å². The van der Waals surface area contributed by atoms with Crippen LogP contribution in [0.3, 0.4) is 0 Å². The fourth-order valence-corrected chi connectivity index (χ4v) is 3.28. The SMILES string of the molecule is Cc1nc(CCNC(=O)C2CC(=O)Nc3cc(F)ccc32)cs1. The zero-order chi connectivity index (χ0) is 16.4. The van der Waals surface area contributed by atoms with Gasteiger partial charge in [-0.1, -0.05) is 6.07 Å². The van der Waals surface area contributed by atoms with Gasteiger partial charge in [-0.3, -0.25) is 9.59 Å². The van der Waals surface area contributed by atoms with Crippen molar-refractivity contribution in [3.63, 3.8) is 0 Å². The van der Waals surface area contributed by atoms with Crippen LogP contribution in [0.15, 0.2) is 23.6 Å². The minimum absolute atomic E-state index is 0.0697. The van der Waals surface area contributed by atoms with E-state index in [9.17, 15) is 14.0 Å². The summed E-state index contributed by atoms with van der Waals surface area (Å²) < 4.78 is 13.3. The molecule has 1 aliphatic rings. The lowest BCUT2D eigenvalue weighted by molar-refractivity contribution is -0.126. The van der Waals surface area contributed by atoms with Crippen molar-refractivity contribution in [2.24, 2.45) is 0 Å². The number of halogens is 1. The van der Waals surface area contributed by atoms with Crippen molar-refractivity contribution >= 4 is 28.8 Å². The summed E-state index contributed by atoms with van der Waals surface area (Å²) in [5.74, 6) is -1.53. The van der Waals surface area contributed by atoms with E-state index in [1.54, 1.807) is 17.4 Å². The van der Waals surface area contributed by atoms with E-state index in [1.807, 2.05) is 12.3 Å². The fraction of sp³-hybridized carbons (Fsp3) is 0.312. The molecule has 1 aromatic heterocycles. The zero-order valence-electron chi connectivity index (χ0n) is 12.6. The summed E-state index contributed by atoms with van der Waals surface area (Å²) in [7, 11) is 0. The van der Waals surface area contributed by atoms with Crippen molar-refractivity contribution < 1.29 is 14.0 Å². The minimum Gasteiger partial charge on any atom is -0.355 e. The second-order valence-electron chi connectivity index (χ2n) is 5.44. The molecule has 2 amide bonds. The Morgan fingerprint density at radius 3 is 3.09 bits per heavy atom. The van der Waals surface area contributed by atoms with Crippen LogP contribution in [0.2, 0.25) is 0 Å². The number of benzene rings is 1. The monoisotopic (exact) mass is 333 g/mol. The fourth-order valence-electron chi connectivity index (χ4n) is 2.63. The van der Waals surface area contributed by atoms with Crippen molar-refractivity contribution in [1.29, 1.82) is 0 Å². The molecule has 1 aliphatic heterocycles. The summed E-state index contributed by atoms with van der Waals surface area (Å²) in [4.78, 5) is 28.5. The van der Waals surface area contributed by atoms with Gasteiger partial charge in [-0.05, 0) is 24.6 Å². The Balaban J connectivity index is 1.66. The quantitative estimate of drug-likeness (QED) is 0.902. The number of rotatable bonds is 4. The predicted molar refractivity (Wildman–Crippen MR) is 86.0 cm³/mol. The number of hydrogen-bond acceptors (Lipinski definition) is 4. The maximum atomic E-state index is 13.3. The van der Waals surface area contributed by atoms with E-state index in [-0.39, 0.29) is 18.2 Å². The highest BCUT2D eigenvalue weighted by Crippen LogP contribution is 2.32. The van der Waals surface area contributed by atoms with Crippen LogP contribution < -0.4 is 10.6 Å². The van der Waals surface area contributed by atoms with Crippen LogP contribution in [0.5, 0.6) is 0 Å². The highest BCUT2D eigenvalue weighted by atomic mass is 32.1. The number of fused-ring (bicyclic) bond motifs is 1. The van der Waals surface area contributed by atoms with Gasteiger partial charge in [0.25, 0.3) is 0 Å². The minimum atomic E-state index is -0.587. The third-order valence-corrected chi connectivity index (χ3v) is 4.54. The van der Waals surface area contributed by atoms with E-state index in [0.29, 0.717) is 24.2 Å². The molecule has 3 rings (SSSR count). The molecule has 2 heterocycles. The second-order valence-corrected chi connectivity index (χ2v) is 6.50. The number of carbonyl (C=O) groups is 2. The molecular weight excluding hydrogens is 317 g/mol. The van der Waals surface area contributed by atoms with Gasteiger partial charge in [-0.15, -0.1) is 11.3 Å². The molecule has 0 bridgehead atoms. The number of nitrogens with one attached hydrogen (secondary N) is 2. The highest BCUT2D eigenvalue weighted by Gasteiger charge is 2.30. The summed E-state index contributed by atoms with van der Waals surface area (Å²) in [6, 6.07) is 4.09. The summed E-state index contributed by atoms with van der Waals surface area (Å²) >= 11 is 1.57. The molecule has 2 N–H and O–H groups in total. The molecule has 7 heteroatoms. The Morgan fingerprint density at radius 2 is 2.35 bits per heavy atom. The van der Waals surface area contributed by atoms with Crippen molar-refractivity contribution in [2.45, 2.75) is 25.7 Å². The van der Waals surface area contributed by atoms with Gasteiger partial charge in [0.15, 0.2) is 0 Å². The van der Waals surface area contributed by atoms with E-state index >= 15 is 0 Å². The molecule has 23 heavy (non-hydrogen) atoms. The number of aromatic nitrogens is 1. The van der Waals surface area contributed by atoms with Crippen LogP contribution in [0.1, 0.15) is 28.6 Å². The number of anilines is 1. The average molecular weight is 333 g/mol. The summed E-state index contributed by atoms with van der Waals surface area (Å²) in [5, 5.41) is 8.40. The molecule has 0 aliphatic carbocycles. The molecule has 1 atom stereocenters. The number of amides is 2. The van der Waals surface area contributed by atoms with Gasteiger partial charge in [0.05, 0.1) is 16.6 Å². The lowest BCUT2D eigenvalue weighted by Gasteiger charge is -2.24. The van der Waals surface area contributed by atoms with Crippen LogP contribution in [0.4, 0.5) is 10.1 Å². The van der Waals surface area contributed by atoms with E-state index in [0.717, 1.165) is 10.7 Å². The first kappa shape index (κ1) is 15.6. The number of carbonyl (C=O) groups excluding carboxylic acids is 2. The summed E-state index contributed by atoms with van der Waals surface area (Å²) in [5.41, 5.74) is 1.96. The first-order valence-electron chi connectivity index (χ1n) is 7.31. The molecule has 2 aromatic rings. The van der Waals surface area contributed by atoms with Gasteiger partial charge in [-0.2, -0.15) is 0 Å². The maximum Gasteiger partial charge on any atom is 0.228 e. The molecule has 5 nitrogen and oxygen atoms in total. The molecular formula is C16H16FN3O2S. The standard InChI is InChI=1S/C16H16FN3O2S/c1-9-19-11(8-23-9)4-5-18-16(22)13-7-15(21)20-14-6-10(17)2-3-12(13)14/h2-3,6,8,13H,4-5,7H2,1H3,(H,18,22)(H,20,21). The molecule has 120 valence electrons. The van der Waals surface area contributed by atoms with E-state index in [1.165, 1.54) is 12.1 Å². The van der Waals surface area contributed by atoms with E-state index in [4.69, 9.17) is 0 Å². The maximum absolute atomic E-state index is 13.3. The third kappa shape index (κ3) is 3.56. The van der Waals surface area contributed by atoms with Gasteiger partial charge < -0.3 is 10.6 Å². The Kier molecular flexibility index (Phi) is 4.38. The summed E-state index contributed by atoms with van der Waals surface area (Å²) in [6.45, 7) is 2.39. The van der Waals surface area contributed by atoms with Gasteiger partial charge in [-0.25, -0.2) is 9.37 Å². The lowest BCUT2D eigenvalue weighted by atomic mass is 9.89. The van der Waals surface area contributed by atoms with Crippen LogP contribution in [-0.2, 0) is 16.0 Å².